The van der Waals surface area contributed by atoms with Crippen LogP contribution >= 0.6 is 0 Å². The van der Waals surface area contributed by atoms with Crippen molar-refractivity contribution in [2.45, 2.75) is 70.4 Å². The quantitative estimate of drug-likeness (QED) is 0.0851. The van der Waals surface area contributed by atoms with E-state index in [1.807, 2.05) is 6.92 Å². The fourth-order valence-corrected chi connectivity index (χ4v) is 4.95. The fourth-order valence-electron chi connectivity index (χ4n) is 4.95. The highest BCUT2D eigenvalue weighted by Crippen LogP contribution is 2.30. The third-order valence-corrected chi connectivity index (χ3v) is 7.06. The van der Waals surface area contributed by atoms with Crippen LogP contribution in [-0.4, -0.2) is 77.7 Å². The number of nitrogens with one attached hydrogen (secondary N) is 3. The number of ether oxygens (including phenoxy) is 2. The molecule has 0 radical (unpaired) electrons. The molecule has 0 saturated carbocycles. The zero-order valence-corrected chi connectivity index (χ0v) is 25.4. The van der Waals surface area contributed by atoms with Crippen LogP contribution in [0.15, 0.2) is 42.5 Å². The van der Waals surface area contributed by atoms with Gasteiger partial charge in [-0.3, -0.25) is 15.0 Å². The van der Waals surface area contributed by atoms with Crippen molar-refractivity contribution in [3.63, 3.8) is 0 Å². The highest BCUT2D eigenvalue weighted by atomic mass is 16.5. The van der Waals surface area contributed by atoms with Crippen molar-refractivity contribution in [3.05, 3.63) is 53.6 Å². The molecule has 43 heavy (non-hydrogen) atoms. The Morgan fingerprint density at radius 1 is 1.05 bits per heavy atom. The van der Waals surface area contributed by atoms with Crippen LogP contribution in [-0.2, 0) is 27.2 Å². The number of nitrogens with two attached hydrogens (primary N) is 1. The number of phenols is 1. The first-order valence-electron chi connectivity index (χ1n) is 14.4. The molecular weight excluding hydrogens is 554 g/mol. The second-order valence-electron chi connectivity index (χ2n) is 10.6. The number of amides is 2. The summed E-state index contributed by atoms with van der Waals surface area (Å²) < 4.78 is 10.8. The smallest absolute Gasteiger partial charge is 0.326 e. The van der Waals surface area contributed by atoms with Gasteiger partial charge in [0.15, 0.2) is 17.5 Å². The third-order valence-electron chi connectivity index (χ3n) is 7.06. The molecule has 0 fully saturated rings. The molecule has 2 aromatic rings. The number of hydrogen-bond acceptors (Lipinski definition) is 7. The van der Waals surface area contributed by atoms with E-state index in [1.165, 1.54) is 19.1 Å². The number of carbonyl (C=O) groups is 3. The molecule has 0 aliphatic heterocycles. The van der Waals surface area contributed by atoms with E-state index in [0.717, 1.165) is 5.56 Å². The lowest BCUT2D eigenvalue weighted by molar-refractivity contribution is -0.154. The molecule has 7 N–H and O–H groups in total. The number of rotatable bonds is 18. The second kappa shape index (κ2) is 16.8. The molecule has 0 aliphatic carbocycles. The van der Waals surface area contributed by atoms with Gasteiger partial charge in [-0.1, -0.05) is 25.1 Å². The molecule has 2 rings (SSSR count). The van der Waals surface area contributed by atoms with Gasteiger partial charge >= 0.3 is 5.97 Å². The lowest BCUT2D eigenvalue weighted by Gasteiger charge is -2.38. The molecule has 2 aromatic carbocycles. The standard InChI is InChI=1S/C31H45N5O7/c1-5-18-36(24(28(39)40)9-7-17-34-30(32)33)29(41)31(2,20-22-13-16-25(42-3)26(19-22)43-4)35-27(38)10-6-8-21-11-14-23(37)15-12-21/h11-16,19,24,37H,5-10,17-18,20H2,1-4H3,(H,35,38)(H,39,40)(H4,32,33,34)/t24-,31-/m0/s1. The SMILES string of the molecule is CCCN(C(=O)[C@](C)(Cc1ccc(OC)c(OC)c1)NC(=O)CCCc1ccc(O)cc1)[C@@H](CCCNC(=N)N)C(=O)O. The van der Waals surface area contributed by atoms with E-state index in [9.17, 15) is 24.6 Å². The Balaban J connectivity index is 2.35. The molecular formula is C31H45N5O7. The summed E-state index contributed by atoms with van der Waals surface area (Å²) in [6.45, 7) is 3.93. The van der Waals surface area contributed by atoms with E-state index in [1.54, 1.807) is 49.4 Å². The Bertz CT molecular complexity index is 1240. The van der Waals surface area contributed by atoms with Gasteiger partial charge in [-0.2, -0.15) is 0 Å². The minimum atomic E-state index is -1.48. The first kappa shape index (κ1) is 34.7. The predicted molar refractivity (Wildman–Crippen MR) is 163 cm³/mol. The van der Waals surface area contributed by atoms with Gasteiger partial charge in [0.05, 0.1) is 14.2 Å². The Morgan fingerprint density at radius 2 is 1.70 bits per heavy atom. The van der Waals surface area contributed by atoms with Crippen molar-refractivity contribution in [2.24, 2.45) is 5.73 Å². The average molecular weight is 600 g/mol. The number of phenolic OH excluding ortho intramolecular Hbond substituents is 1. The lowest BCUT2D eigenvalue weighted by atomic mass is 9.89. The van der Waals surface area contributed by atoms with E-state index in [-0.39, 0.29) is 50.0 Å². The number of methoxy groups -OCH3 is 2. The molecule has 236 valence electrons. The number of nitrogens with zero attached hydrogens (tertiary/aromatic N) is 1. The van der Waals surface area contributed by atoms with Crippen LogP contribution in [0.4, 0.5) is 0 Å². The lowest BCUT2D eigenvalue weighted by Crippen LogP contribution is -2.62. The summed E-state index contributed by atoms with van der Waals surface area (Å²) in [4.78, 5) is 41.3. The molecule has 12 nitrogen and oxygen atoms in total. The van der Waals surface area contributed by atoms with Crippen molar-refractivity contribution in [2.75, 3.05) is 27.3 Å². The fraction of sp³-hybridized carbons (Fsp3) is 0.484. The number of aliphatic carboxylic acids is 1. The maximum atomic E-state index is 14.3. The third kappa shape index (κ3) is 10.7. The van der Waals surface area contributed by atoms with Crippen molar-refractivity contribution in [1.82, 2.24) is 15.5 Å². The normalized spacial score (nSPS) is 12.8. The summed E-state index contributed by atoms with van der Waals surface area (Å²) in [6.07, 6.45) is 2.34. The van der Waals surface area contributed by atoms with E-state index in [2.05, 4.69) is 10.6 Å². The first-order chi connectivity index (χ1) is 20.4. The summed E-state index contributed by atoms with van der Waals surface area (Å²) in [5.74, 6) is -1.09. The number of hydrogen-bond donors (Lipinski definition) is 6. The van der Waals surface area contributed by atoms with Crippen molar-refractivity contribution in [3.8, 4) is 17.2 Å². The van der Waals surface area contributed by atoms with Gasteiger partial charge in [0, 0.05) is 25.9 Å². The van der Waals surface area contributed by atoms with Crippen molar-refractivity contribution < 1.29 is 34.1 Å². The van der Waals surface area contributed by atoms with Crippen LogP contribution in [0.2, 0.25) is 0 Å². The summed E-state index contributed by atoms with van der Waals surface area (Å²) in [6, 6.07) is 10.8. The molecule has 0 aromatic heterocycles. The van der Waals surface area contributed by atoms with Crippen LogP contribution < -0.4 is 25.8 Å². The average Bonchev–Trinajstić information content (AvgIpc) is 2.96. The van der Waals surface area contributed by atoms with Gasteiger partial charge in [-0.25, -0.2) is 4.79 Å². The maximum Gasteiger partial charge on any atom is 0.326 e. The predicted octanol–water partition coefficient (Wildman–Crippen LogP) is 2.80. The monoisotopic (exact) mass is 599 g/mol. The number of aromatic hydroxyl groups is 1. The molecule has 0 heterocycles. The highest BCUT2D eigenvalue weighted by Gasteiger charge is 2.42. The number of guanidine groups is 1. The van der Waals surface area contributed by atoms with Crippen LogP contribution in [0.3, 0.4) is 0 Å². The Hall–Kier alpha value is -4.48. The number of carboxylic acid groups (broad SMARTS) is 1. The second-order valence-corrected chi connectivity index (χ2v) is 10.6. The van der Waals surface area contributed by atoms with Gasteiger partial charge in [-0.05, 0) is 74.4 Å². The molecule has 0 aliphatic rings. The number of carbonyl (C=O) groups excluding carboxylic acids is 2. The summed E-state index contributed by atoms with van der Waals surface area (Å²) >= 11 is 0. The number of benzene rings is 2. The summed E-state index contributed by atoms with van der Waals surface area (Å²) in [5.41, 5.74) is 5.51. The van der Waals surface area contributed by atoms with E-state index in [0.29, 0.717) is 42.7 Å². The van der Waals surface area contributed by atoms with Gasteiger partial charge < -0.3 is 41.0 Å². The minimum absolute atomic E-state index is 0.0777. The van der Waals surface area contributed by atoms with E-state index >= 15 is 0 Å². The van der Waals surface area contributed by atoms with Gasteiger partial charge in [0.2, 0.25) is 11.8 Å². The zero-order chi connectivity index (χ0) is 32.0. The van der Waals surface area contributed by atoms with Crippen LogP contribution in [0.25, 0.3) is 0 Å². The van der Waals surface area contributed by atoms with Crippen LogP contribution in [0.1, 0.15) is 57.1 Å². The van der Waals surface area contributed by atoms with Crippen molar-refractivity contribution >= 4 is 23.7 Å². The van der Waals surface area contributed by atoms with Gasteiger partial charge in [0.25, 0.3) is 0 Å². The molecule has 0 saturated heterocycles. The zero-order valence-electron chi connectivity index (χ0n) is 25.4. The highest BCUT2D eigenvalue weighted by molar-refractivity contribution is 5.94. The van der Waals surface area contributed by atoms with Crippen LogP contribution in [0.5, 0.6) is 17.2 Å². The number of carboxylic acids is 1. The van der Waals surface area contributed by atoms with Gasteiger partial charge in [-0.15, -0.1) is 0 Å². The molecule has 0 bridgehead atoms. The van der Waals surface area contributed by atoms with E-state index < -0.39 is 23.5 Å². The Morgan fingerprint density at radius 3 is 2.28 bits per heavy atom. The van der Waals surface area contributed by atoms with E-state index in [4.69, 9.17) is 20.6 Å². The molecule has 0 spiro atoms. The maximum absolute atomic E-state index is 14.3. The molecule has 2 amide bonds. The minimum Gasteiger partial charge on any atom is -0.508 e. The number of aryl methyl sites for hydroxylation is 1. The Kier molecular flexibility index (Phi) is 13.6. The van der Waals surface area contributed by atoms with Crippen LogP contribution in [0, 0.1) is 5.41 Å². The topological polar surface area (TPSA) is 187 Å². The van der Waals surface area contributed by atoms with Crippen molar-refractivity contribution in [1.29, 1.82) is 5.41 Å². The van der Waals surface area contributed by atoms with Gasteiger partial charge in [0.1, 0.15) is 17.3 Å². The summed E-state index contributed by atoms with van der Waals surface area (Å²) in [5, 5.41) is 32.5. The molecule has 2 atom stereocenters. The first-order valence-corrected chi connectivity index (χ1v) is 14.4. The largest absolute Gasteiger partial charge is 0.508 e. The molecule has 12 heteroatoms. The Labute approximate surface area is 253 Å². The summed E-state index contributed by atoms with van der Waals surface area (Å²) in [7, 11) is 3.02. The molecule has 0 unspecified atom stereocenters.